The van der Waals surface area contributed by atoms with Crippen LogP contribution in [0.25, 0.3) is 0 Å². The van der Waals surface area contributed by atoms with Crippen molar-refractivity contribution in [3.05, 3.63) is 93.0 Å². The van der Waals surface area contributed by atoms with E-state index in [1.54, 1.807) is 17.0 Å². The van der Waals surface area contributed by atoms with Crippen molar-refractivity contribution < 1.29 is 9.59 Å². The Morgan fingerprint density at radius 2 is 1.85 bits per heavy atom. The zero-order valence-electron chi connectivity index (χ0n) is 17.6. The van der Waals surface area contributed by atoms with Gasteiger partial charge in [-0.3, -0.25) is 14.5 Å². The van der Waals surface area contributed by atoms with Gasteiger partial charge in [0.25, 0.3) is 0 Å². The number of halogens is 2. The maximum absolute atomic E-state index is 13.1. The van der Waals surface area contributed by atoms with Gasteiger partial charge >= 0.3 is 0 Å². The average molecular weight is 590 g/mol. The van der Waals surface area contributed by atoms with Gasteiger partial charge in [-0.05, 0) is 77.0 Å². The molecule has 4 rings (SSSR count). The van der Waals surface area contributed by atoms with Gasteiger partial charge in [-0.2, -0.15) is 0 Å². The van der Waals surface area contributed by atoms with Crippen molar-refractivity contribution in [2.45, 2.75) is 18.1 Å². The first kappa shape index (κ1) is 23.8. The fraction of sp³-hybridized carbons (Fsp3) is 0.160. The molecule has 5 nitrogen and oxygen atoms in total. The number of amidine groups is 1. The Hall–Kier alpha value is -2.36. The summed E-state index contributed by atoms with van der Waals surface area (Å²) in [5.41, 5.74) is 2.48. The van der Waals surface area contributed by atoms with E-state index in [-0.39, 0.29) is 18.2 Å². The quantitative estimate of drug-likeness (QED) is 0.351. The van der Waals surface area contributed by atoms with E-state index >= 15 is 0 Å². The third-order valence-electron chi connectivity index (χ3n) is 5.04. The SMILES string of the molecule is O=C(Nc1ccc(I)cc1)C1CC(=O)N(CCc2ccccc2)C(=Nc2cccc(Cl)c2)S1. The van der Waals surface area contributed by atoms with Gasteiger partial charge in [0.2, 0.25) is 11.8 Å². The largest absolute Gasteiger partial charge is 0.325 e. The molecule has 1 atom stereocenters. The molecule has 0 aromatic heterocycles. The number of nitrogens with one attached hydrogen (secondary N) is 1. The Morgan fingerprint density at radius 3 is 2.58 bits per heavy atom. The normalized spacial score (nSPS) is 17.3. The number of anilines is 1. The smallest absolute Gasteiger partial charge is 0.238 e. The highest BCUT2D eigenvalue weighted by Gasteiger charge is 2.35. The van der Waals surface area contributed by atoms with E-state index in [1.165, 1.54) is 11.8 Å². The van der Waals surface area contributed by atoms with E-state index in [0.717, 1.165) is 9.13 Å². The molecule has 1 heterocycles. The molecule has 1 saturated heterocycles. The molecule has 0 spiro atoms. The van der Waals surface area contributed by atoms with Gasteiger partial charge in [0.15, 0.2) is 5.17 Å². The molecule has 168 valence electrons. The van der Waals surface area contributed by atoms with Crippen molar-refractivity contribution in [2.75, 3.05) is 11.9 Å². The van der Waals surface area contributed by atoms with E-state index in [2.05, 4.69) is 27.9 Å². The topological polar surface area (TPSA) is 61.8 Å². The van der Waals surface area contributed by atoms with Gasteiger partial charge < -0.3 is 5.32 Å². The molecule has 1 aliphatic heterocycles. The molecule has 0 aliphatic carbocycles. The Labute approximate surface area is 215 Å². The van der Waals surface area contributed by atoms with Crippen LogP contribution in [-0.4, -0.2) is 33.7 Å². The number of benzene rings is 3. The number of aliphatic imine (C=N–C) groups is 1. The number of thioether (sulfide) groups is 1. The van der Waals surface area contributed by atoms with Crippen molar-refractivity contribution >= 4 is 74.3 Å². The molecule has 33 heavy (non-hydrogen) atoms. The van der Waals surface area contributed by atoms with Crippen molar-refractivity contribution in [1.82, 2.24) is 4.90 Å². The predicted molar refractivity (Wildman–Crippen MR) is 144 cm³/mol. The van der Waals surface area contributed by atoms with Crippen LogP contribution in [0.1, 0.15) is 12.0 Å². The van der Waals surface area contributed by atoms with Crippen LogP contribution in [0, 0.1) is 3.57 Å². The molecule has 1 unspecified atom stereocenters. The van der Waals surface area contributed by atoms with Crippen LogP contribution in [0.15, 0.2) is 83.9 Å². The first-order valence-electron chi connectivity index (χ1n) is 10.4. The van der Waals surface area contributed by atoms with Crippen molar-refractivity contribution in [2.24, 2.45) is 4.99 Å². The fourth-order valence-electron chi connectivity index (χ4n) is 3.36. The Bertz CT molecular complexity index is 1170. The third-order valence-corrected chi connectivity index (χ3v) is 7.19. The zero-order valence-corrected chi connectivity index (χ0v) is 21.3. The molecular formula is C25H21ClIN3O2S. The monoisotopic (exact) mass is 589 g/mol. The molecule has 1 aliphatic rings. The summed E-state index contributed by atoms with van der Waals surface area (Å²) in [6.07, 6.45) is 0.811. The Morgan fingerprint density at radius 1 is 1.09 bits per heavy atom. The van der Waals surface area contributed by atoms with Crippen LogP contribution in [-0.2, 0) is 16.0 Å². The second-order valence-corrected chi connectivity index (χ2v) is 10.3. The van der Waals surface area contributed by atoms with Gasteiger partial charge in [-0.25, -0.2) is 4.99 Å². The number of carbonyl (C=O) groups excluding carboxylic acids is 2. The first-order chi connectivity index (χ1) is 16.0. The number of amides is 2. The van der Waals surface area contributed by atoms with E-state index in [1.807, 2.05) is 66.7 Å². The zero-order chi connectivity index (χ0) is 23.2. The number of carbonyl (C=O) groups is 2. The third kappa shape index (κ3) is 6.59. The molecule has 2 amide bonds. The summed E-state index contributed by atoms with van der Waals surface area (Å²) in [5.74, 6) is -0.329. The van der Waals surface area contributed by atoms with Crippen LogP contribution in [0.4, 0.5) is 11.4 Å². The minimum Gasteiger partial charge on any atom is -0.325 e. The lowest BCUT2D eigenvalue weighted by molar-refractivity contribution is -0.129. The summed E-state index contributed by atoms with van der Waals surface area (Å²) in [7, 11) is 0. The number of nitrogens with zero attached hydrogens (tertiary/aromatic N) is 2. The molecule has 0 saturated carbocycles. The molecule has 0 bridgehead atoms. The molecule has 3 aromatic rings. The summed E-state index contributed by atoms with van der Waals surface area (Å²) >= 11 is 9.65. The number of hydrogen-bond acceptors (Lipinski definition) is 4. The average Bonchev–Trinajstić information content (AvgIpc) is 2.80. The van der Waals surface area contributed by atoms with E-state index in [9.17, 15) is 9.59 Å². The van der Waals surface area contributed by atoms with E-state index in [0.29, 0.717) is 34.5 Å². The Balaban J connectivity index is 1.55. The molecule has 8 heteroatoms. The minimum atomic E-state index is -0.567. The lowest BCUT2D eigenvalue weighted by atomic mass is 10.1. The van der Waals surface area contributed by atoms with Crippen molar-refractivity contribution in [3.8, 4) is 0 Å². The summed E-state index contributed by atoms with van der Waals surface area (Å²) in [4.78, 5) is 32.4. The van der Waals surface area contributed by atoms with Crippen LogP contribution in [0.5, 0.6) is 0 Å². The highest BCUT2D eigenvalue weighted by molar-refractivity contribution is 14.1. The van der Waals surface area contributed by atoms with Crippen LogP contribution >= 0.6 is 46.0 Å². The standard InChI is InChI=1S/C25H21ClIN3O2S/c26-18-7-4-8-21(15-18)29-25-30(14-13-17-5-2-1-3-6-17)23(31)16-22(33-25)24(32)28-20-11-9-19(27)10-12-20/h1-12,15,22H,13-14,16H2,(H,28,32). The highest BCUT2D eigenvalue weighted by atomic mass is 127. The molecule has 1 N–H and O–H groups in total. The van der Waals surface area contributed by atoms with Crippen LogP contribution in [0.3, 0.4) is 0 Å². The van der Waals surface area contributed by atoms with Crippen molar-refractivity contribution in [3.63, 3.8) is 0 Å². The van der Waals surface area contributed by atoms with Crippen molar-refractivity contribution in [1.29, 1.82) is 0 Å². The summed E-state index contributed by atoms with van der Waals surface area (Å²) in [6, 6.07) is 24.7. The second-order valence-electron chi connectivity index (χ2n) is 7.46. The van der Waals surface area contributed by atoms with E-state index < -0.39 is 5.25 Å². The fourth-order valence-corrected chi connectivity index (χ4v) is 5.03. The molecule has 0 radical (unpaired) electrons. The Kier molecular flexibility index (Phi) is 8.06. The molecular weight excluding hydrogens is 569 g/mol. The van der Waals surface area contributed by atoms with Gasteiger partial charge in [-0.15, -0.1) is 0 Å². The highest BCUT2D eigenvalue weighted by Crippen LogP contribution is 2.31. The predicted octanol–water partition coefficient (Wildman–Crippen LogP) is 6.15. The van der Waals surface area contributed by atoms with Gasteiger partial charge in [-0.1, -0.05) is 59.8 Å². The minimum absolute atomic E-state index is 0.115. The molecule has 3 aromatic carbocycles. The van der Waals surface area contributed by atoms with Crippen LogP contribution in [0.2, 0.25) is 5.02 Å². The van der Waals surface area contributed by atoms with E-state index in [4.69, 9.17) is 16.6 Å². The lowest BCUT2D eigenvalue weighted by Gasteiger charge is -2.32. The summed E-state index contributed by atoms with van der Waals surface area (Å²) in [6.45, 7) is 0.487. The lowest BCUT2D eigenvalue weighted by Crippen LogP contribution is -2.46. The van der Waals surface area contributed by atoms with Crippen LogP contribution < -0.4 is 5.32 Å². The maximum Gasteiger partial charge on any atom is 0.238 e. The number of hydrogen-bond donors (Lipinski definition) is 1. The van der Waals surface area contributed by atoms with Gasteiger partial charge in [0.05, 0.1) is 5.69 Å². The summed E-state index contributed by atoms with van der Waals surface area (Å²) < 4.78 is 1.08. The van der Waals surface area contributed by atoms with Gasteiger partial charge in [0.1, 0.15) is 5.25 Å². The molecule has 1 fully saturated rings. The second kappa shape index (κ2) is 11.2. The number of rotatable bonds is 6. The van der Waals surface area contributed by atoms with Gasteiger partial charge in [0, 0.05) is 27.2 Å². The summed E-state index contributed by atoms with van der Waals surface area (Å²) in [5, 5.41) is 3.42. The first-order valence-corrected chi connectivity index (χ1v) is 12.7. The maximum atomic E-state index is 13.1.